The first kappa shape index (κ1) is 10.7. The number of aliphatic hydroxyl groups is 1. The minimum absolute atomic E-state index is 0.0125. The van der Waals surface area contributed by atoms with Gasteiger partial charge >= 0.3 is 0 Å². The molecule has 1 aromatic carbocycles. The fraction of sp³-hybridized carbons (Fsp3) is 0.250. The highest BCUT2D eigenvalue weighted by molar-refractivity contribution is 5.28. The van der Waals surface area contributed by atoms with Crippen molar-refractivity contribution < 1.29 is 14.4 Å². The van der Waals surface area contributed by atoms with E-state index in [1.165, 1.54) is 0 Å². The molecule has 4 heteroatoms. The van der Waals surface area contributed by atoms with Crippen molar-refractivity contribution in [2.24, 2.45) is 0 Å². The van der Waals surface area contributed by atoms with E-state index >= 15 is 0 Å². The van der Waals surface area contributed by atoms with E-state index in [1.54, 1.807) is 6.07 Å². The minimum Gasteiger partial charge on any atom is -0.486 e. The number of hydrogen-bond donors (Lipinski definition) is 1. The molecule has 0 atom stereocenters. The summed E-state index contributed by atoms with van der Waals surface area (Å²) in [6, 6.07) is 9.14. The second kappa shape index (κ2) is 4.81. The molecule has 0 aliphatic carbocycles. The third kappa shape index (κ3) is 2.61. The fourth-order valence-corrected chi connectivity index (χ4v) is 1.37. The second-order valence-electron chi connectivity index (χ2n) is 3.53. The summed E-state index contributed by atoms with van der Waals surface area (Å²) in [7, 11) is 0. The molecule has 84 valence electrons. The minimum atomic E-state index is 0.0125. The van der Waals surface area contributed by atoms with Crippen LogP contribution in [0.1, 0.15) is 17.0 Å². The highest BCUT2D eigenvalue weighted by Gasteiger charge is 2.02. The lowest BCUT2D eigenvalue weighted by Crippen LogP contribution is -1.94. The van der Waals surface area contributed by atoms with Crippen molar-refractivity contribution in [1.29, 1.82) is 0 Å². The summed E-state index contributed by atoms with van der Waals surface area (Å²) in [5.74, 6) is 1.40. The number of benzene rings is 1. The smallest absolute Gasteiger partial charge is 0.174 e. The third-order valence-electron chi connectivity index (χ3n) is 2.14. The van der Waals surface area contributed by atoms with E-state index in [0.29, 0.717) is 18.1 Å². The highest BCUT2D eigenvalue weighted by atomic mass is 16.5. The number of nitrogens with zero attached hydrogens (tertiary/aromatic N) is 1. The zero-order valence-electron chi connectivity index (χ0n) is 9.01. The molecule has 0 radical (unpaired) electrons. The van der Waals surface area contributed by atoms with Crippen molar-refractivity contribution in [3.05, 3.63) is 47.3 Å². The maximum atomic E-state index is 8.97. The summed E-state index contributed by atoms with van der Waals surface area (Å²) in [5.41, 5.74) is 1.66. The lowest BCUT2D eigenvalue weighted by atomic mass is 10.2. The standard InChI is InChI=1S/C12H13NO3/c1-9-5-12(16-13-9)8-15-11-4-2-3-10(6-11)7-14/h2-6,14H,7-8H2,1H3. The topological polar surface area (TPSA) is 55.5 Å². The molecule has 16 heavy (non-hydrogen) atoms. The van der Waals surface area contributed by atoms with Gasteiger partial charge in [0.25, 0.3) is 0 Å². The van der Waals surface area contributed by atoms with Gasteiger partial charge in [0.05, 0.1) is 12.3 Å². The van der Waals surface area contributed by atoms with Gasteiger partial charge in [-0.3, -0.25) is 0 Å². The molecule has 0 bridgehead atoms. The fourth-order valence-electron chi connectivity index (χ4n) is 1.37. The summed E-state index contributed by atoms with van der Waals surface area (Å²) in [4.78, 5) is 0. The van der Waals surface area contributed by atoms with Crippen LogP contribution in [-0.2, 0) is 13.2 Å². The van der Waals surface area contributed by atoms with E-state index in [1.807, 2.05) is 31.2 Å². The van der Waals surface area contributed by atoms with Gasteiger partial charge in [-0.1, -0.05) is 17.3 Å². The van der Waals surface area contributed by atoms with Gasteiger partial charge in [0.2, 0.25) is 0 Å². The molecule has 0 saturated carbocycles. The van der Waals surface area contributed by atoms with Crippen LogP contribution in [0.5, 0.6) is 5.75 Å². The largest absolute Gasteiger partial charge is 0.486 e. The van der Waals surface area contributed by atoms with Gasteiger partial charge in [-0.05, 0) is 24.6 Å². The van der Waals surface area contributed by atoms with Crippen LogP contribution in [0.2, 0.25) is 0 Å². The first-order valence-electron chi connectivity index (χ1n) is 5.03. The van der Waals surface area contributed by atoms with E-state index in [4.69, 9.17) is 14.4 Å². The summed E-state index contributed by atoms with van der Waals surface area (Å²) in [6.45, 7) is 2.22. The van der Waals surface area contributed by atoms with Crippen molar-refractivity contribution >= 4 is 0 Å². The Morgan fingerprint density at radius 3 is 2.94 bits per heavy atom. The number of aliphatic hydroxyl groups excluding tert-OH is 1. The van der Waals surface area contributed by atoms with Gasteiger partial charge in [0, 0.05) is 6.07 Å². The van der Waals surface area contributed by atoms with Gasteiger partial charge in [0.15, 0.2) is 5.76 Å². The SMILES string of the molecule is Cc1cc(COc2cccc(CO)c2)on1. The highest BCUT2D eigenvalue weighted by Crippen LogP contribution is 2.15. The Hall–Kier alpha value is -1.81. The number of hydrogen-bond acceptors (Lipinski definition) is 4. The molecule has 0 amide bonds. The molecule has 0 aliphatic rings. The summed E-state index contributed by atoms with van der Waals surface area (Å²) >= 11 is 0. The first-order chi connectivity index (χ1) is 7.78. The van der Waals surface area contributed by atoms with Crippen LogP contribution in [0.15, 0.2) is 34.9 Å². The van der Waals surface area contributed by atoms with Crippen molar-refractivity contribution in [1.82, 2.24) is 5.16 Å². The lowest BCUT2D eigenvalue weighted by molar-refractivity contribution is 0.247. The van der Waals surface area contributed by atoms with Crippen molar-refractivity contribution in [3.8, 4) is 5.75 Å². The first-order valence-corrected chi connectivity index (χ1v) is 5.03. The van der Waals surface area contributed by atoms with Crippen LogP contribution >= 0.6 is 0 Å². The van der Waals surface area contributed by atoms with Crippen LogP contribution in [-0.4, -0.2) is 10.3 Å². The van der Waals surface area contributed by atoms with Crippen LogP contribution in [0.4, 0.5) is 0 Å². The Bertz CT molecular complexity index is 465. The summed E-state index contributed by atoms with van der Waals surface area (Å²) in [5, 5.41) is 12.7. The predicted molar refractivity (Wildman–Crippen MR) is 57.9 cm³/mol. The van der Waals surface area contributed by atoms with Crippen molar-refractivity contribution in [2.75, 3.05) is 0 Å². The molecule has 1 aromatic heterocycles. The molecule has 1 N–H and O–H groups in total. The van der Waals surface area contributed by atoms with E-state index in [2.05, 4.69) is 5.16 Å². The second-order valence-corrected chi connectivity index (χ2v) is 3.53. The van der Waals surface area contributed by atoms with E-state index in [0.717, 1.165) is 11.3 Å². The van der Waals surface area contributed by atoms with Gasteiger partial charge in [0.1, 0.15) is 12.4 Å². The zero-order valence-corrected chi connectivity index (χ0v) is 9.01. The molecule has 0 saturated heterocycles. The number of rotatable bonds is 4. The average molecular weight is 219 g/mol. The zero-order chi connectivity index (χ0) is 11.4. The molecule has 0 fully saturated rings. The van der Waals surface area contributed by atoms with Gasteiger partial charge in [-0.15, -0.1) is 0 Å². The number of aryl methyl sites for hydroxylation is 1. The quantitative estimate of drug-likeness (QED) is 0.855. The Kier molecular flexibility index (Phi) is 3.22. The van der Waals surface area contributed by atoms with Crippen LogP contribution in [0, 0.1) is 6.92 Å². The number of aromatic nitrogens is 1. The Morgan fingerprint density at radius 2 is 2.25 bits per heavy atom. The van der Waals surface area contributed by atoms with Gasteiger partial charge in [-0.2, -0.15) is 0 Å². The molecule has 2 aromatic rings. The van der Waals surface area contributed by atoms with E-state index in [-0.39, 0.29) is 6.61 Å². The summed E-state index contributed by atoms with van der Waals surface area (Å²) < 4.78 is 10.5. The monoisotopic (exact) mass is 219 g/mol. The predicted octanol–water partition coefficient (Wildman–Crippen LogP) is 2.05. The molecular weight excluding hydrogens is 206 g/mol. The maximum absolute atomic E-state index is 8.97. The van der Waals surface area contributed by atoms with Crippen LogP contribution < -0.4 is 4.74 Å². The van der Waals surface area contributed by atoms with Crippen molar-refractivity contribution in [2.45, 2.75) is 20.1 Å². The average Bonchev–Trinajstić information content (AvgIpc) is 2.73. The van der Waals surface area contributed by atoms with Gasteiger partial charge < -0.3 is 14.4 Å². The third-order valence-corrected chi connectivity index (χ3v) is 2.14. The molecule has 4 nitrogen and oxygen atoms in total. The van der Waals surface area contributed by atoms with Crippen LogP contribution in [0.25, 0.3) is 0 Å². The Balaban J connectivity index is 1.99. The van der Waals surface area contributed by atoms with Crippen LogP contribution in [0.3, 0.4) is 0 Å². The van der Waals surface area contributed by atoms with Crippen molar-refractivity contribution in [3.63, 3.8) is 0 Å². The van der Waals surface area contributed by atoms with E-state index in [9.17, 15) is 0 Å². The molecule has 1 heterocycles. The molecule has 0 spiro atoms. The molecule has 0 unspecified atom stereocenters. The Morgan fingerprint density at radius 1 is 1.38 bits per heavy atom. The maximum Gasteiger partial charge on any atom is 0.174 e. The molecule has 2 rings (SSSR count). The molecular formula is C12H13NO3. The van der Waals surface area contributed by atoms with Gasteiger partial charge in [-0.25, -0.2) is 0 Å². The lowest BCUT2D eigenvalue weighted by Gasteiger charge is -2.04. The Labute approximate surface area is 93.5 Å². The van der Waals surface area contributed by atoms with E-state index < -0.39 is 0 Å². The summed E-state index contributed by atoms with van der Waals surface area (Å²) in [6.07, 6.45) is 0. The molecule has 0 aliphatic heterocycles. The number of ether oxygens (including phenoxy) is 1. The normalized spacial score (nSPS) is 10.4.